The highest BCUT2D eigenvalue weighted by atomic mass is 32.2. The fourth-order valence-corrected chi connectivity index (χ4v) is 5.43. The van der Waals surface area contributed by atoms with Gasteiger partial charge >= 0.3 is 0 Å². The Labute approximate surface area is 233 Å². The van der Waals surface area contributed by atoms with Crippen molar-refractivity contribution in [3.05, 3.63) is 76.9 Å². The molecule has 0 saturated carbocycles. The maximum absolute atomic E-state index is 13.9. The summed E-state index contributed by atoms with van der Waals surface area (Å²) in [5.74, 6) is 1.17. The molecule has 39 heavy (non-hydrogen) atoms. The Kier molecular flexibility index (Phi) is 8.91. The summed E-state index contributed by atoms with van der Waals surface area (Å²) in [6.07, 6.45) is 2.61. The van der Waals surface area contributed by atoms with Gasteiger partial charge in [0.05, 0.1) is 40.4 Å². The van der Waals surface area contributed by atoms with Crippen LogP contribution in [0.4, 0.5) is 0 Å². The van der Waals surface area contributed by atoms with Crippen molar-refractivity contribution in [2.75, 3.05) is 48.3 Å². The van der Waals surface area contributed by atoms with Crippen LogP contribution in [0.5, 0.6) is 23.0 Å². The summed E-state index contributed by atoms with van der Waals surface area (Å²) in [4.78, 5) is 30.2. The highest BCUT2D eigenvalue weighted by Gasteiger charge is 2.43. The zero-order valence-electron chi connectivity index (χ0n) is 23.1. The van der Waals surface area contributed by atoms with Crippen molar-refractivity contribution in [1.29, 1.82) is 0 Å². The highest BCUT2D eigenvalue weighted by molar-refractivity contribution is 7.98. The summed E-state index contributed by atoms with van der Waals surface area (Å²) in [6, 6.07) is 16.6. The molecule has 0 radical (unpaired) electrons. The summed E-state index contributed by atoms with van der Waals surface area (Å²) in [5, 5.41) is 3.11. The van der Waals surface area contributed by atoms with Crippen molar-refractivity contribution in [2.24, 2.45) is 0 Å². The number of hydrogen-bond acceptors (Lipinski definition) is 7. The van der Waals surface area contributed by atoms with Crippen LogP contribution in [0.15, 0.2) is 59.5 Å². The van der Waals surface area contributed by atoms with E-state index in [1.807, 2.05) is 48.7 Å². The minimum absolute atomic E-state index is 0.178. The average molecular weight is 551 g/mol. The summed E-state index contributed by atoms with van der Waals surface area (Å²) >= 11 is 1.64. The number of amides is 2. The molecule has 0 bridgehead atoms. The molecule has 1 N–H and O–H groups in total. The Hall–Kier alpha value is -3.85. The molecule has 2 amide bonds. The topological polar surface area (TPSA) is 86.3 Å². The van der Waals surface area contributed by atoms with Crippen molar-refractivity contribution in [2.45, 2.75) is 23.3 Å². The van der Waals surface area contributed by atoms with Crippen LogP contribution in [-0.4, -0.2) is 65.0 Å². The van der Waals surface area contributed by atoms with Gasteiger partial charge in [-0.15, -0.1) is 11.8 Å². The molecule has 3 aromatic rings. The number of hydrogen-bond donors (Lipinski definition) is 1. The van der Waals surface area contributed by atoms with Crippen molar-refractivity contribution in [3.63, 3.8) is 0 Å². The molecule has 1 aliphatic rings. The molecule has 1 aliphatic heterocycles. The molecule has 0 aromatic heterocycles. The van der Waals surface area contributed by atoms with Crippen LogP contribution in [0.25, 0.3) is 0 Å². The van der Waals surface area contributed by atoms with Crippen molar-refractivity contribution < 1.29 is 28.5 Å². The monoisotopic (exact) mass is 550 g/mol. The zero-order valence-corrected chi connectivity index (χ0v) is 23.9. The summed E-state index contributed by atoms with van der Waals surface area (Å²) < 4.78 is 21.7. The van der Waals surface area contributed by atoms with Crippen LogP contribution >= 0.6 is 11.8 Å². The normalized spacial score (nSPS) is 16.4. The number of nitrogens with one attached hydrogen (secondary N) is 1. The number of rotatable bonds is 10. The van der Waals surface area contributed by atoms with Gasteiger partial charge in [0.25, 0.3) is 5.91 Å². The molecule has 0 saturated heterocycles. The van der Waals surface area contributed by atoms with E-state index in [0.717, 1.165) is 16.0 Å². The summed E-state index contributed by atoms with van der Waals surface area (Å²) in [7, 11) is 7.99. The van der Waals surface area contributed by atoms with E-state index in [0.29, 0.717) is 47.1 Å². The third-order valence-electron chi connectivity index (χ3n) is 7.08. The van der Waals surface area contributed by atoms with Crippen LogP contribution in [0, 0.1) is 0 Å². The van der Waals surface area contributed by atoms with Crippen molar-refractivity contribution in [3.8, 4) is 23.0 Å². The Balaban J connectivity index is 1.68. The second kappa shape index (κ2) is 12.3. The third kappa shape index (κ3) is 5.63. The third-order valence-corrected chi connectivity index (χ3v) is 7.82. The number of ether oxygens (including phenoxy) is 4. The number of likely N-dealkylation sites (N-methyl/N-ethyl adjacent to an activating group) is 1. The molecule has 9 heteroatoms. The molecule has 8 nitrogen and oxygen atoms in total. The molecule has 4 rings (SSSR count). The van der Waals surface area contributed by atoms with Crippen molar-refractivity contribution in [1.82, 2.24) is 10.2 Å². The van der Waals surface area contributed by atoms with Gasteiger partial charge in [0.2, 0.25) is 5.91 Å². The summed E-state index contributed by atoms with van der Waals surface area (Å²) in [6.45, 7) is 0.406. The number of methoxy groups -OCH3 is 4. The second-order valence-corrected chi connectivity index (χ2v) is 10.0. The first-order valence-corrected chi connectivity index (χ1v) is 13.7. The number of benzene rings is 3. The minimum atomic E-state index is -0.659. The molecule has 0 unspecified atom stereocenters. The van der Waals surface area contributed by atoms with Gasteiger partial charge in [0.15, 0.2) is 23.0 Å². The molecule has 2 atom stereocenters. The molecular weight excluding hydrogens is 516 g/mol. The lowest BCUT2D eigenvalue weighted by atomic mass is 9.79. The Morgan fingerprint density at radius 3 is 2.10 bits per heavy atom. The molecule has 0 aliphatic carbocycles. The Morgan fingerprint density at radius 1 is 0.872 bits per heavy atom. The number of fused-ring (bicyclic) bond motifs is 1. The van der Waals surface area contributed by atoms with Crippen LogP contribution in [0.3, 0.4) is 0 Å². The zero-order chi connectivity index (χ0) is 28.1. The van der Waals surface area contributed by atoms with E-state index in [1.54, 1.807) is 50.1 Å². The maximum atomic E-state index is 13.9. The van der Waals surface area contributed by atoms with Crippen LogP contribution in [0.1, 0.15) is 39.0 Å². The molecular formula is C30H34N2O6S. The minimum Gasteiger partial charge on any atom is -0.493 e. The summed E-state index contributed by atoms with van der Waals surface area (Å²) in [5.41, 5.74) is 2.91. The first-order chi connectivity index (χ1) is 18.9. The van der Waals surface area contributed by atoms with Gasteiger partial charge in [0.1, 0.15) is 0 Å². The van der Waals surface area contributed by atoms with Crippen LogP contribution in [-0.2, 0) is 11.2 Å². The second-order valence-electron chi connectivity index (χ2n) is 9.14. The number of nitrogens with zero attached hydrogens (tertiary/aromatic N) is 1. The van der Waals surface area contributed by atoms with Gasteiger partial charge in [-0.25, -0.2) is 0 Å². The molecule has 0 fully saturated rings. The number of thioether (sulfide) groups is 1. The lowest BCUT2D eigenvalue weighted by molar-refractivity contribution is -0.124. The smallest absolute Gasteiger partial charge is 0.254 e. The number of carbonyl (C=O) groups excluding carboxylic acids is 2. The molecule has 206 valence electrons. The standard InChI is InChI=1S/C30H34N2O6S/c1-32-28(19-8-10-20(39-6)11-9-19)27(21-16-25(37-4)26(38-5)17-22(21)30(32)34)29(33)31-14-13-18-7-12-23(35-2)24(15-18)36-3/h7-12,15-17,27-28H,13-14H2,1-6H3,(H,31,33)/t27-,28+/m0/s1. The Bertz CT molecular complexity index is 1340. The largest absolute Gasteiger partial charge is 0.493 e. The predicted molar refractivity (Wildman–Crippen MR) is 152 cm³/mol. The van der Waals surface area contributed by atoms with Gasteiger partial charge in [-0.1, -0.05) is 18.2 Å². The quantitative estimate of drug-likeness (QED) is 0.366. The van der Waals surface area contributed by atoms with E-state index in [-0.39, 0.29) is 11.8 Å². The van der Waals surface area contributed by atoms with Gasteiger partial charge in [-0.05, 0) is 65.8 Å². The van der Waals surface area contributed by atoms with Crippen LogP contribution in [0.2, 0.25) is 0 Å². The van der Waals surface area contributed by atoms with Crippen LogP contribution < -0.4 is 24.3 Å². The molecule has 1 heterocycles. The fraction of sp³-hybridized carbons (Fsp3) is 0.333. The number of carbonyl (C=O) groups is 2. The first kappa shape index (κ1) is 28.2. The van der Waals surface area contributed by atoms with Gasteiger partial charge < -0.3 is 29.2 Å². The van der Waals surface area contributed by atoms with Gasteiger partial charge in [-0.3, -0.25) is 9.59 Å². The predicted octanol–water partition coefficient (Wildman–Crippen LogP) is 4.71. The maximum Gasteiger partial charge on any atom is 0.254 e. The van der Waals surface area contributed by atoms with E-state index < -0.39 is 12.0 Å². The van der Waals surface area contributed by atoms with E-state index >= 15 is 0 Å². The van der Waals surface area contributed by atoms with E-state index in [2.05, 4.69) is 5.32 Å². The van der Waals surface area contributed by atoms with E-state index in [4.69, 9.17) is 18.9 Å². The first-order valence-electron chi connectivity index (χ1n) is 12.5. The lowest BCUT2D eigenvalue weighted by Crippen LogP contribution is -2.46. The molecule has 0 spiro atoms. The average Bonchev–Trinajstić information content (AvgIpc) is 2.97. The molecule has 3 aromatic carbocycles. The fourth-order valence-electron chi connectivity index (χ4n) is 5.03. The van der Waals surface area contributed by atoms with Gasteiger partial charge in [-0.2, -0.15) is 0 Å². The SMILES string of the molecule is COc1ccc(CCNC(=O)[C@H]2c3cc(OC)c(OC)cc3C(=O)N(C)[C@@H]2c2ccc(SC)cc2)cc1OC. The van der Waals surface area contributed by atoms with E-state index in [1.165, 1.54) is 14.2 Å². The van der Waals surface area contributed by atoms with Gasteiger partial charge in [0, 0.05) is 24.1 Å². The highest BCUT2D eigenvalue weighted by Crippen LogP contribution is 2.45. The van der Waals surface area contributed by atoms with E-state index in [9.17, 15) is 9.59 Å². The lowest BCUT2D eigenvalue weighted by Gasteiger charge is -2.40. The van der Waals surface area contributed by atoms with Crippen molar-refractivity contribution >= 4 is 23.6 Å². The Morgan fingerprint density at radius 2 is 1.49 bits per heavy atom.